The summed E-state index contributed by atoms with van der Waals surface area (Å²) in [6.45, 7) is 1.63. The lowest BCUT2D eigenvalue weighted by molar-refractivity contribution is -0.145. The summed E-state index contributed by atoms with van der Waals surface area (Å²) in [6.07, 6.45) is -0.676. The largest absolute Gasteiger partial charge is 0.480 e. The zero-order valence-electron chi connectivity index (χ0n) is 12.0. The smallest absolute Gasteiger partial charge is 0.417 e. The molecule has 0 spiro atoms. The number of halogens is 1. The number of imide groups is 1. The van der Waals surface area contributed by atoms with E-state index in [2.05, 4.69) is 0 Å². The molecule has 2 amide bonds. The molecule has 1 fully saturated rings. The number of aliphatic carboxylic acids is 1. The Morgan fingerprint density at radius 1 is 1.36 bits per heavy atom. The first-order valence-corrected chi connectivity index (χ1v) is 6.91. The monoisotopic (exact) mass is 309 g/mol. The van der Waals surface area contributed by atoms with Crippen molar-refractivity contribution in [3.8, 4) is 0 Å². The first kappa shape index (κ1) is 15.9. The van der Waals surface area contributed by atoms with E-state index in [1.807, 2.05) is 0 Å². The van der Waals surface area contributed by atoms with Gasteiger partial charge in [-0.1, -0.05) is 12.1 Å². The Kier molecular flexibility index (Phi) is 4.75. The molecule has 6 nitrogen and oxygen atoms in total. The van der Waals surface area contributed by atoms with E-state index in [1.54, 1.807) is 6.92 Å². The zero-order valence-corrected chi connectivity index (χ0v) is 12.0. The van der Waals surface area contributed by atoms with Crippen molar-refractivity contribution in [2.24, 2.45) is 5.92 Å². The fraction of sp³-hybridized carbons (Fsp3) is 0.400. The molecule has 1 aromatic rings. The molecule has 1 aliphatic heterocycles. The van der Waals surface area contributed by atoms with Crippen molar-refractivity contribution in [1.82, 2.24) is 4.90 Å². The van der Waals surface area contributed by atoms with Crippen molar-refractivity contribution in [1.29, 1.82) is 0 Å². The van der Waals surface area contributed by atoms with Gasteiger partial charge in [0.1, 0.15) is 11.9 Å². The van der Waals surface area contributed by atoms with Gasteiger partial charge in [-0.2, -0.15) is 0 Å². The van der Waals surface area contributed by atoms with Gasteiger partial charge in [-0.25, -0.2) is 18.9 Å². The van der Waals surface area contributed by atoms with E-state index in [0.29, 0.717) is 10.5 Å². The molecule has 1 heterocycles. The summed E-state index contributed by atoms with van der Waals surface area (Å²) in [6, 6.07) is 4.38. The van der Waals surface area contributed by atoms with Crippen LogP contribution in [0, 0.1) is 11.7 Å². The summed E-state index contributed by atoms with van der Waals surface area (Å²) in [4.78, 5) is 36.0. The van der Waals surface area contributed by atoms with E-state index in [-0.39, 0.29) is 19.4 Å². The number of carbonyl (C=O) groups is 3. The molecular weight excluding hydrogens is 293 g/mol. The van der Waals surface area contributed by atoms with Crippen LogP contribution >= 0.6 is 0 Å². The molecule has 0 bridgehead atoms. The molecule has 1 N–H and O–H groups in total. The van der Waals surface area contributed by atoms with Crippen molar-refractivity contribution >= 4 is 18.0 Å². The van der Waals surface area contributed by atoms with Crippen LogP contribution in [0.5, 0.6) is 0 Å². The first-order valence-electron chi connectivity index (χ1n) is 6.91. The van der Waals surface area contributed by atoms with Crippen LogP contribution in [0.4, 0.5) is 9.18 Å². The molecule has 7 heteroatoms. The lowest BCUT2D eigenvalue weighted by atomic mass is 9.96. The molecule has 2 rings (SSSR count). The molecular formula is C15H16FNO5. The normalized spacial score (nSPS) is 21.0. The molecule has 118 valence electrons. The number of hydrogen-bond donors (Lipinski definition) is 1. The summed E-state index contributed by atoms with van der Waals surface area (Å²) >= 11 is 0. The molecule has 0 radical (unpaired) electrons. The number of ether oxygens (including phenoxy) is 1. The van der Waals surface area contributed by atoms with Gasteiger partial charge in [0.15, 0.2) is 0 Å². The predicted molar refractivity (Wildman–Crippen MR) is 73.5 cm³/mol. The SMILES string of the molecule is CCOC(=O)N1C(=O)C(Cc2ccc(F)cc2)CC1C(=O)O. The highest BCUT2D eigenvalue weighted by molar-refractivity contribution is 6.00. The fourth-order valence-electron chi connectivity index (χ4n) is 2.52. The number of rotatable bonds is 4. The van der Waals surface area contributed by atoms with Crippen LogP contribution in [0.3, 0.4) is 0 Å². The second kappa shape index (κ2) is 6.55. The van der Waals surface area contributed by atoms with Crippen molar-refractivity contribution in [2.75, 3.05) is 6.61 Å². The number of carboxylic acid groups (broad SMARTS) is 1. The lowest BCUT2D eigenvalue weighted by Gasteiger charge is -2.18. The second-order valence-corrected chi connectivity index (χ2v) is 5.02. The zero-order chi connectivity index (χ0) is 16.3. The van der Waals surface area contributed by atoms with Crippen LogP contribution in [0.25, 0.3) is 0 Å². The number of hydrogen-bond acceptors (Lipinski definition) is 4. The standard InChI is InChI=1S/C15H16FNO5/c1-2-22-15(21)17-12(14(19)20)8-10(13(17)18)7-9-3-5-11(16)6-4-9/h3-6,10,12H,2,7-8H2,1H3,(H,19,20). The molecule has 1 aliphatic rings. The van der Waals surface area contributed by atoms with Crippen molar-refractivity contribution in [3.63, 3.8) is 0 Å². The lowest BCUT2D eigenvalue weighted by Crippen LogP contribution is -2.43. The van der Waals surface area contributed by atoms with E-state index in [4.69, 9.17) is 4.74 Å². The van der Waals surface area contributed by atoms with E-state index in [9.17, 15) is 23.9 Å². The van der Waals surface area contributed by atoms with E-state index in [0.717, 1.165) is 0 Å². The van der Waals surface area contributed by atoms with Gasteiger partial charge in [-0.05, 0) is 37.5 Å². The minimum atomic E-state index is -1.25. The van der Waals surface area contributed by atoms with Gasteiger partial charge in [0.05, 0.1) is 6.61 Å². The number of nitrogens with zero attached hydrogens (tertiary/aromatic N) is 1. The van der Waals surface area contributed by atoms with E-state index >= 15 is 0 Å². The van der Waals surface area contributed by atoms with Gasteiger partial charge in [0.2, 0.25) is 5.91 Å². The number of carbonyl (C=O) groups excluding carboxylic acids is 2. The number of carboxylic acids is 1. The molecule has 1 aromatic carbocycles. The Balaban J connectivity index is 2.17. The molecule has 1 saturated heterocycles. The van der Waals surface area contributed by atoms with Crippen LogP contribution in [0.1, 0.15) is 18.9 Å². The molecule has 2 atom stereocenters. The highest BCUT2D eigenvalue weighted by atomic mass is 19.1. The topological polar surface area (TPSA) is 83.9 Å². The summed E-state index contributed by atoms with van der Waals surface area (Å²) in [5.41, 5.74) is 0.703. The van der Waals surface area contributed by atoms with Crippen molar-refractivity contribution < 1.29 is 28.6 Å². The van der Waals surface area contributed by atoms with Gasteiger partial charge >= 0.3 is 12.1 Å². The highest BCUT2D eigenvalue weighted by Crippen LogP contribution is 2.28. The fourth-order valence-corrected chi connectivity index (χ4v) is 2.52. The van der Waals surface area contributed by atoms with Gasteiger partial charge < -0.3 is 9.84 Å². The summed E-state index contributed by atoms with van der Waals surface area (Å²) in [7, 11) is 0. The third-order valence-electron chi connectivity index (χ3n) is 3.55. The Hall–Kier alpha value is -2.44. The minimum Gasteiger partial charge on any atom is -0.480 e. The van der Waals surface area contributed by atoms with Gasteiger partial charge in [-0.3, -0.25) is 4.79 Å². The first-order chi connectivity index (χ1) is 10.4. The van der Waals surface area contributed by atoms with Crippen LogP contribution in [0.2, 0.25) is 0 Å². The maximum absolute atomic E-state index is 12.9. The van der Waals surface area contributed by atoms with Crippen molar-refractivity contribution in [3.05, 3.63) is 35.6 Å². The van der Waals surface area contributed by atoms with Crippen LogP contribution in [-0.2, 0) is 20.7 Å². The van der Waals surface area contributed by atoms with E-state index in [1.165, 1.54) is 24.3 Å². The van der Waals surface area contributed by atoms with Crippen LogP contribution < -0.4 is 0 Å². The Morgan fingerprint density at radius 2 is 2.00 bits per heavy atom. The number of likely N-dealkylation sites (tertiary alicyclic amines) is 1. The molecule has 22 heavy (non-hydrogen) atoms. The molecule has 0 aromatic heterocycles. The predicted octanol–water partition coefficient (Wildman–Crippen LogP) is 1.83. The van der Waals surface area contributed by atoms with Crippen molar-refractivity contribution in [2.45, 2.75) is 25.8 Å². The Morgan fingerprint density at radius 3 is 2.55 bits per heavy atom. The average Bonchev–Trinajstić information content (AvgIpc) is 2.79. The summed E-state index contributed by atoms with van der Waals surface area (Å²) in [5, 5.41) is 9.19. The minimum absolute atomic E-state index is 0.0182. The number of amides is 2. The quantitative estimate of drug-likeness (QED) is 0.917. The highest BCUT2D eigenvalue weighted by Gasteiger charge is 2.47. The third-order valence-corrected chi connectivity index (χ3v) is 3.55. The van der Waals surface area contributed by atoms with Crippen LogP contribution in [-0.4, -0.2) is 40.6 Å². The third kappa shape index (κ3) is 3.24. The van der Waals surface area contributed by atoms with Gasteiger partial charge in [0.25, 0.3) is 0 Å². The molecule has 0 aliphatic carbocycles. The maximum atomic E-state index is 12.9. The second-order valence-electron chi connectivity index (χ2n) is 5.02. The molecule has 2 unspecified atom stereocenters. The van der Waals surface area contributed by atoms with Gasteiger partial charge in [0, 0.05) is 5.92 Å². The summed E-state index contributed by atoms with van der Waals surface area (Å²) in [5.74, 6) is -2.85. The van der Waals surface area contributed by atoms with Gasteiger partial charge in [-0.15, -0.1) is 0 Å². The van der Waals surface area contributed by atoms with Crippen LogP contribution in [0.15, 0.2) is 24.3 Å². The van der Waals surface area contributed by atoms with E-state index < -0.39 is 35.7 Å². The Bertz CT molecular complexity index is 586. The Labute approximate surface area is 126 Å². The molecule has 0 saturated carbocycles. The average molecular weight is 309 g/mol. The maximum Gasteiger partial charge on any atom is 0.417 e. The summed E-state index contributed by atoms with van der Waals surface area (Å²) < 4.78 is 17.6. The number of benzene rings is 1.